The molecule has 0 saturated heterocycles. The summed E-state index contributed by atoms with van der Waals surface area (Å²) in [4.78, 5) is 26.1. The molecule has 10 heteroatoms. The van der Waals surface area contributed by atoms with Gasteiger partial charge < -0.3 is 0 Å². The Morgan fingerprint density at radius 3 is 2.84 bits per heavy atom. The lowest BCUT2D eigenvalue weighted by Crippen LogP contribution is -2.07. The lowest BCUT2D eigenvalue weighted by Gasteiger charge is -2.14. The molecule has 31 heavy (non-hydrogen) atoms. The second-order valence-electron chi connectivity index (χ2n) is 6.81. The molecule has 0 atom stereocenters. The number of halogens is 1. The number of benzene rings is 1. The van der Waals surface area contributed by atoms with E-state index in [2.05, 4.69) is 20.3 Å². The molecule has 0 spiro atoms. The number of thiazole rings is 1. The Bertz CT molecular complexity index is 1270. The first kappa shape index (κ1) is 20.2. The molecule has 1 aliphatic carbocycles. The summed E-state index contributed by atoms with van der Waals surface area (Å²) in [5.41, 5.74) is 5.49. The highest BCUT2D eigenvalue weighted by Gasteiger charge is 2.30. The topological polar surface area (TPSA) is 85.6 Å². The summed E-state index contributed by atoms with van der Waals surface area (Å²) in [5.74, 6) is 0.711. The number of aromatic nitrogens is 5. The van der Waals surface area contributed by atoms with E-state index in [1.54, 1.807) is 12.4 Å². The van der Waals surface area contributed by atoms with Gasteiger partial charge in [-0.25, -0.2) is 19.6 Å². The monoisotopic (exact) mass is 468 g/mol. The van der Waals surface area contributed by atoms with Crippen molar-refractivity contribution >= 4 is 45.1 Å². The molecule has 0 bridgehead atoms. The van der Waals surface area contributed by atoms with Gasteiger partial charge in [0, 0.05) is 23.5 Å². The van der Waals surface area contributed by atoms with Crippen LogP contribution in [0.15, 0.2) is 43.0 Å². The maximum atomic E-state index is 12.1. The number of rotatable bonds is 4. The van der Waals surface area contributed by atoms with E-state index in [1.165, 1.54) is 29.4 Å². The maximum absolute atomic E-state index is 12.1. The summed E-state index contributed by atoms with van der Waals surface area (Å²) in [5, 5.41) is 8.93. The Balaban J connectivity index is 1.69. The Hall–Kier alpha value is -2.75. The largest absolute Gasteiger partial charge is 0.293 e. The van der Waals surface area contributed by atoms with Crippen molar-refractivity contribution in [1.82, 2.24) is 24.7 Å². The van der Waals surface area contributed by atoms with Crippen molar-refractivity contribution in [2.45, 2.75) is 19.8 Å². The van der Waals surface area contributed by atoms with Crippen molar-refractivity contribution < 1.29 is 4.79 Å². The Morgan fingerprint density at radius 1 is 1.26 bits per heavy atom. The first-order valence-electron chi connectivity index (χ1n) is 9.71. The molecule has 1 amide bonds. The highest BCUT2D eigenvalue weighted by atomic mass is 35.5. The first-order chi connectivity index (χ1) is 15.2. The average molecular weight is 469 g/mol. The predicted molar refractivity (Wildman–Crippen MR) is 125 cm³/mol. The van der Waals surface area contributed by atoms with E-state index in [0.717, 1.165) is 51.6 Å². The van der Waals surface area contributed by atoms with Gasteiger partial charge in [-0.05, 0) is 30.7 Å². The van der Waals surface area contributed by atoms with Crippen molar-refractivity contribution in [3.05, 3.63) is 59.3 Å². The van der Waals surface area contributed by atoms with Gasteiger partial charge in [0.2, 0.25) is 0 Å². The Kier molecular flexibility index (Phi) is 5.47. The quantitative estimate of drug-likeness (QED) is 0.426. The first-order valence-corrected chi connectivity index (χ1v) is 11.9. The summed E-state index contributed by atoms with van der Waals surface area (Å²) < 4.78 is 1.88. The number of anilines is 1. The number of thioether (sulfide) groups is 1. The maximum Gasteiger partial charge on any atom is 0.285 e. The summed E-state index contributed by atoms with van der Waals surface area (Å²) in [6.07, 6.45) is 6.58. The highest BCUT2D eigenvalue weighted by Crippen LogP contribution is 2.44. The third kappa shape index (κ3) is 3.73. The van der Waals surface area contributed by atoms with E-state index in [1.807, 2.05) is 35.9 Å². The number of hydrogen-bond donors (Lipinski definition) is 1. The van der Waals surface area contributed by atoms with Crippen LogP contribution >= 0.6 is 34.7 Å². The standard InChI is InChI=1S/C21H17ClN6OS2/c1-2-30-21(29)26-20-25-15-8-7-13-17(12-9-23-11-24-10-12)27-28(18(13)19(15)31-20)16-6-4-3-5-14(16)22/h3-6,9-11H,2,7-8H2,1H3,(H,25,26,29). The minimum atomic E-state index is -0.101. The van der Waals surface area contributed by atoms with Crippen LogP contribution in [0.2, 0.25) is 5.02 Å². The Morgan fingerprint density at radius 2 is 2.06 bits per heavy atom. The smallest absolute Gasteiger partial charge is 0.285 e. The van der Waals surface area contributed by atoms with Crippen LogP contribution < -0.4 is 5.32 Å². The van der Waals surface area contributed by atoms with E-state index >= 15 is 0 Å². The van der Waals surface area contributed by atoms with Gasteiger partial charge in [0.15, 0.2) is 5.13 Å². The van der Waals surface area contributed by atoms with Crippen molar-refractivity contribution in [3.8, 4) is 27.5 Å². The molecule has 4 aromatic rings. The third-order valence-corrected chi connectivity index (χ3v) is 6.90. The van der Waals surface area contributed by atoms with Crippen molar-refractivity contribution in [2.24, 2.45) is 0 Å². The van der Waals surface area contributed by atoms with Crippen LogP contribution in [0, 0.1) is 0 Å². The normalized spacial score (nSPS) is 12.3. The lowest BCUT2D eigenvalue weighted by molar-refractivity contribution is 0.270. The number of para-hydroxylation sites is 1. The molecule has 1 aromatic carbocycles. The zero-order valence-corrected chi connectivity index (χ0v) is 18.9. The molecular weight excluding hydrogens is 452 g/mol. The van der Waals surface area contributed by atoms with Gasteiger partial charge in [0.05, 0.1) is 32.7 Å². The van der Waals surface area contributed by atoms with Crippen LogP contribution in [0.4, 0.5) is 9.93 Å². The number of carbonyl (C=O) groups is 1. The number of aryl methyl sites for hydroxylation is 1. The summed E-state index contributed by atoms with van der Waals surface area (Å²) in [6, 6.07) is 7.62. The fourth-order valence-electron chi connectivity index (χ4n) is 3.63. The van der Waals surface area contributed by atoms with Crippen molar-refractivity contribution in [3.63, 3.8) is 0 Å². The number of fused-ring (bicyclic) bond motifs is 3. The molecule has 1 aliphatic rings. The number of carbonyl (C=O) groups excluding carboxylic acids is 1. The van der Waals surface area contributed by atoms with Gasteiger partial charge in [-0.15, -0.1) is 0 Å². The van der Waals surface area contributed by atoms with E-state index in [0.29, 0.717) is 15.9 Å². The van der Waals surface area contributed by atoms with E-state index in [9.17, 15) is 4.79 Å². The summed E-state index contributed by atoms with van der Waals surface area (Å²) >= 11 is 9.23. The molecule has 7 nitrogen and oxygen atoms in total. The molecule has 0 fully saturated rings. The lowest BCUT2D eigenvalue weighted by atomic mass is 9.96. The van der Waals surface area contributed by atoms with Crippen LogP contribution in [-0.2, 0) is 12.8 Å². The molecule has 0 radical (unpaired) electrons. The van der Waals surface area contributed by atoms with Gasteiger partial charge >= 0.3 is 0 Å². The van der Waals surface area contributed by atoms with E-state index in [-0.39, 0.29) is 5.24 Å². The van der Waals surface area contributed by atoms with Gasteiger partial charge in [0.25, 0.3) is 5.24 Å². The molecule has 5 rings (SSSR count). The number of nitrogens with one attached hydrogen (secondary N) is 1. The SMILES string of the molecule is CCSC(=O)Nc1nc2c(s1)-c1c(c(-c3cncnc3)nn1-c1ccccc1Cl)CC2. The van der Waals surface area contributed by atoms with Crippen LogP contribution in [0.25, 0.3) is 27.5 Å². The number of nitrogens with zero attached hydrogens (tertiary/aromatic N) is 5. The number of hydrogen-bond acceptors (Lipinski definition) is 7. The fourth-order valence-corrected chi connectivity index (χ4v) is 5.41. The summed E-state index contributed by atoms with van der Waals surface area (Å²) in [7, 11) is 0. The van der Waals surface area contributed by atoms with E-state index in [4.69, 9.17) is 16.7 Å². The fraction of sp³-hybridized carbons (Fsp3) is 0.190. The molecule has 156 valence electrons. The zero-order valence-electron chi connectivity index (χ0n) is 16.5. The predicted octanol–water partition coefficient (Wildman–Crippen LogP) is 5.49. The minimum Gasteiger partial charge on any atom is -0.293 e. The van der Waals surface area contributed by atoms with Gasteiger partial charge in [-0.3, -0.25) is 10.1 Å². The van der Waals surface area contributed by atoms with Crippen LogP contribution in [0.1, 0.15) is 18.2 Å². The number of amides is 1. The van der Waals surface area contributed by atoms with Gasteiger partial charge in [0.1, 0.15) is 6.33 Å². The van der Waals surface area contributed by atoms with Crippen LogP contribution in [0.3, 0.4) is 0 Å². The molecule has 0 aliphatic heterocycles. The van der Waals surface area contributed by atoms with Crippen molar-refractivity contribution in [2.75, 3.05) is 11.1 Å². The van der Waals surface area contributed by atoms with E-state index < -0.39 is 0 Å². The Labute approximate surface area is 191 Å². The van der Waals surface area contributed by atoms with Gasteiger partial charge in [-0.1, -0.05) is 53.8 Å². The second kappa shape index (κ2) is 8.41. The summed E-state index contributed by atoms with van der Waals surface area (Å²) in [6.45, 7) is 1.94. The van der Waals surface area contributed by atoms with Gasteiger partial charge in [-0.2, -0.15) is 5.10 Å². The molecular formula is C21H17ClN6OS2. The molecule has 0 unspecified atom stereocenters. The molecule has 1 N–H and O–H groups in total. The minimum absolute atomic E-state index is 0.101. The molecule has 3 heterocycles. The average Bonchev–Trinajstić information content (AvgIpc) is 3.35. The third-order valence-electron chi connectivity index (χ3n) is 4.91. The van der Waals surface area contributed by atoms with Crippen LogP contribution in [0.5, 0.6) is 0 Å². The van der Waals surface area contributed by atoms with Crippen LogP contribution in [-0.4, -0.2) is 35.7 Å². The second-order valence-corrected chi connectivity index (χ2v) is 9.45. The highest BCUT2D eigenvalue weighted by molar-refractivity contribution is 8.13. The zero-order chi connectivity index (χ0) is 21.4. The molecule has 3 aromatic heterocycles. The molecule has 0 saturated carbocycles. The van der Waals surface area contributed by atoms with Crippen molar-refractivity contribution in [1.29, 1.82) is 0 Å².